The van der Waals surface area contributed by atoms with Crippen LogP contribution in [0.4, 0.5) is 5.95 Å². The predicted molar refractivity (Wildman–Crippen MR) is 135 cm³/mol. The molecular weight excluding hydrogens is 440 g/mol. The minimum atomic E-state index is 0.553. The number of ether oxygens (including phenoxy) is 1. The van der Waals surface area contributed by atoms with Gasteiger partial charge in [-0.1, -0.05) is 35.5 Å². The molecule has 3 heterocycles. The minimum absolute atomic E-state index is 0.553. The van der Waals surface area contributed by atoms with E-state index in [1.165, 1.54) is 0 Å². The molecule has 2 aromatic heterocycles. The van der Waals surface area contributed by atoms with Crippen LogP contribution in [-0.4, -0.2) is 59.3 Å². The van der Waals surface area contributed by atoms with Crippen molar-refractivity contribution in [3.63, 3.8) is 0 Å². The maximum atomic E-state index is 5.87. The molecule has 4 aromatic rings. The van der Waals surface area contributed by atoms with Gasteiger partial charge in [0.1, 0.15) is 18.1 Å². The van der Waals surface area contributed by atoms with Crippen LogP contribution in [0.5, 0.6) is 5.75 Å². The zero-order valence-corrected chi connectivity index (χ0v) is 19.7. The number of nitrogens with one attached hydrogen (secondary N) is 1. The van der Waals surface area contributed by atoms with Crippen LogP contribution >= 0.6 is 0 Å². The number of aromatic nitrogens is 3. The molecule has 0 radical (unpaired) electrons. The van der Waals surface area contributed by atoms with Crippen molar-refractivity contribution in [3.05, 3.63) is 90.4 Å². The molecule has 35 heavy (non-hydrogen) atoms. The Balaban J connectivity index is 1.02. The van der Waals surface area contributed by atoms with E-state index < -0.39 is 0 Å². The summed E-state index contributed by atoms with van der Waals surface area (Å²) < 4.78 is 11.4. The summed E-state index contributed by atoms with van der Waals surface area (Å²) in [4.78, 5) is 13.4. The van der Waals surface area contributed by atoms with Gasteiger partial charge in [-0.15, -0.1) is 0 Å². The Bertz CT molecular complexity index is 1160. The SMILES string of the molecule is c1ccc(COc2ccc(-c3cc(CNCCN4CCN(c5ncccn5)CC4)on3)cc2)cc1. The van der Waals surface area contributed by atoms with Crippen molar-refractivity contribution in [2.24, 2.45) is 0 Å². The molecule has 0 spiro atoms. The number of benzene rings is 2. The van der Waals surface area contributed by atoms with Gasteiger partial charge in [-0.25, -0.2) is 9.97 Å². The number of nitrogens with zero attached hydrogens (tertiary/aromatic N) is 5. The Kier molecular flexibility index (Phi) is 7.62. The van der Waals surface area contributed by atoms with E-state index in [0.717, 1.165) is 73.5 Å². The van der Waals surface area contributed by atoms with Gasteiger partial charge in [0, 0.05) is 63.3 Å². The van der Waals surface area contributed by atoms with Gasteiger partial charge in [0.05, 0.1) is 6.54 Å². The van der Waals surface area contributed by atoms with Gasteiger partial charge in [0.2, 0.25) is 5.95 Å². The molecular formula is C27H30N6O2. The molecule has 0 bridgehead atoms. The van der Waals surface area contributed by atoms with Crippen LogP contribution in [0.1, 0.15) is 11.3 Å². The molecule has 1 N–H and O–H groups in total. The molecule has 1 aliphatic heterocycles. The number of piperazine rings is 1. The Morgan fingerprint density at radius 1 is 0.886 bits per heavy atom. The highest BCUT2D eigenvalue weighted by atomic mass is 16.5. The molecule has 0 atom stereocenters. The summed E-state index contributed by atoms with van der Waals surface area (Å²) in [5, 5.41) is 7.70. The Morgan fingerprint density at radius 2 is 1.66 bits per heavy atom. The van der Waals surface area contributed by atoms with Crippen molar-refractivity contribution in [3.8, 4) is 17.0 Å². The van der Waals surface area contributed by atoms with Gasteiger partial charge in [-0.3, -0.25) is 4.90 Å². The van der Waals surface area contributed by atoms with E-state index in [1.807, 2.05) is 54.6 Å². The lowest BCUT2D eigenvalue weighted by atomic mass is 10.1. The van der Waals surface area contributed by atoms with Gasteiger partial charge in [0.25, 0.3) is 0 Å². The van der Waals surface area contributed by atoms with E-state index in [-0.39, 0.29) is 0 Å². The van der Waals surface area contributed by atoms with Crippen molar-refractivity contribution < 1.29 is 9.26 Å². The summed E-state index contributed by atoms with van der Waals surface area (Å²) in [6.07, 6.45) is 3.59. The van der Waals surface area contributed by atoms with Crippen molar-refractivity contribution in [1.82, 2.24) is 25.3 Å². The van der Waals surface area contributed by atoms with Crippen molar-refractivity contribution in [1.29, 1.82) is 0 Å². The molecule has 1 aliphatic rings. The molecule has 1 saturated heterocycles. The van der Waals surface area contributed by atoms with Gasteiger partial charge in [-0.2, -0.15) is 0 Å². The molecule has 2 aromatic carbocycles. The summed E-state index contributed by atoms with van der Waals surface area (Å²) in [5.74, 6) is 2.48. The topological polar surface area (TPSA) is 79.5 Å². The number of anilines is 1. The molecule has 0 aliphatic carbocycles. The van der Waals surface area contributed by atoms with E-state index in [4.69, 9.17) is 9.26 Å². The largest absolute Gasteiger partial charge is 0.489 e. The van der Waals surface area contributed by atoms with E-state index in [2.05, 4.69) is 42.4 Å². The Hall–Kier alpha value is -3.75. The highest BCUT2D eigenvalue weighted by Crippen LogP contribution is 2.23. The van der Waals surface area contributed by atoms with E-state index in [9.17, 15) is 0 Å². The molecule has 0 saturated carbocycles. The lowest BCUT2D eigenvalue weighted by molar-refractivity contribution is 0.254. The average molecular weight is 471 g/mol. The fourth-order valence-electron chi connectivity index (χ4n) is 4.07. The summed E-state index contributed by atoms with van der Waals surface area (Å²) in [6, 6.07) is 21.9. The quantitative estimate of drug-likeness (QED) is 0.352. The maximum absolute atomic E-state index is 5.87. The third kappa shape index (κ3) is 6.44. The third-order valence-corrected chi connectivity index (χ3v) is 6.07. The molecule has 0 unspecified atom stereocenters. The van der Waals surface area contributed by atoms with Gasteiger partial charge in [0.15, 0.2) is 5.76 Å². The fraction of sp³-hybridized carbons (Fsp3) is 0.296. The number of rotatable bonds is 10. The first kappa shape index (κ1) is 23.0. The monoisotopic (exact) mass is 470 g/mol. The van der Waals surface area contributed by atoms with E-state index in [1.54, 1.807) is 12.4 Å². The average Bonchev–Trinajstić information content (AvgIpc) is 3.41. The van der Waals surface area contributed by atoms with Crippen molar-refractivity contribution in [2.75, 3.05) is 44.2 Å². The zero-order chi connectivity index (χ0) is 23.7. The first-order valence-corrected chi connectivity index (χ1v) is 12.0. The Morgan fingerprint density at radius 3 is 2.43 bits per heavy atom. The van der Waals surface area contributed by atoms with Crippen LogP contribution in [0, 0.1) is 0 Å². The first-order valence-electron chi connectivity index (χ1n) is 12.0. The smallest absolute Gasteiger partial charge is 0.225 e. The van der Waals surface area contributed by atoms with Crippen LogP contribution in [0.15, 0.2) is 83.6 Å². The van der Waals surface area contributed by atoms with Gasteiger partial charge in [-0.05, 0) is 35.9 Å². The van der Waals surface area contributed by atoms with Crippen LogP contribution < -0.4 is 15.0 Å². The Labute approximate surface area is 205 Å². The summed E-state index contributed by atoms with van der Waals surface area (Å²) in [7, 11) is 0. The number of hydrogen-bond donors (Lipinski definition) is 1. The molecule has 8 heteroatoms. The first-order chi connectivity index (χ1) is 17.3. The minimum Gasteiger partial charge on any atom is -0.489 e. The number of hydrogen-bond acceptors (Lipinski definition) is 8. The van der Waals surface area contributed by atoms with Gasteiger partial charge < -0.3 is 19.5 Å². The van der Waals surface area contributed by atoms with E-state index in [0.29, 0.717) is 13.2 Å². The second-order valence-electron chi connectivity index (χ2n) is 8.53. The molecule has 5 rings (SSSR count). The van der Waals surface area contributed by atoms with E-state index >= 15 is 0 Å². The van der Waals surface area contributed by atoms with Crippen LogP contribution in [0.25, 0.3) is 11.3 Å². The third-order valence-electron chi connectivity index (χ3n) is 6.07. The highest BCUT2D eigenvalue weighted by Gasteiger charge is 2.18. The van der Waals surface area contributed by atoms with Crippen molar-refractivity contribution >= 4 is 5.95 Å². The molecule has 1 fully saturated rings. The second kappa shape index (κ2) is 11.6. The predicted octanol–water partition coefficient (Wildman–Crippen LogP) is 3.62. The fourth-order valence-corrected chi connectivity index (χ4v) is 4.07. The van der Waals surface area contributed by atoms with Crippen LogP contribution in [0.2, 0.25) is 0 Å². The second-order valence-corrected chi connectivity index (χ2v) is 8.53. The van der Waals surface area contributed by atoms with Crippen molar-refractivity contribution in [2.45, 2.75) is 13.2 Å². The lowest BCUT2D eigenvalue weighted by Crippen LogP contribution is -2.48. The molecule has 0 amide bonds. The standard InChI is InChI=1S/C27H30N6O2/c1-2-5-22(6-3-1)21-34-24-9-7-23(8-10-24)26-19-25(35-31-26)20-28-13-14-32-15-17-33(18-16-32)27-29-11-4-12-30-27/h1-12,19,28H,13-18,20-21H2. The maximum Gasteiger partial charge on any atom is 0.225 e. The molecule has 8 nitrogen and oxygen atoms in total. The lowest BCUT2D eigenvalue weighted by Gasteiger charge is -2.34. The normalized spacial score (nSPS) is 14.2. The highest BCUT2D eigenvalue weighted by molar-refractivity contribution is 5.59. The van der Waals surface area contributed by atoms with Crippen LogP contribution in [-0.2, 0) is 13.2 Å². The van der Waals surface area contributed by atoms with Gasteiger partial charge >= 0.3 is 0 Å². The summed E-state index contributed by atoms with van der Waals surface area (Å²) in [6.45, 7) is 7.02. The van der Waals surface area contributed by atoms with Crippen LogP contribution in [0.3, 0.4) is 0 Å². The zero-order valence-electron chi connectivity index (χ0n) is 19.7. The summed E-state index contributed by atoms with van der Waals surface area (Å²) >= 11 is 0. The summed E-state index contributed by atoms with van der Waals surface area (Å²) in [5.41, 5.74) is 2.98. The molecule has 180 valence electrons.